The highest BCUT2D eigenvalue weighted by Crippen LogP contribution is 2.37. The lowest BCUT2D eigenvalue weighted by Gasteiger charge is -2.31. The third kappa shape index (κ3) is 3.46. The van der Waals surface area contributed by atoms with Gasteiger partial charge in [0.15, 0.2) is 5.78 Å². The molecule has 1 saturated carbocycles. The number of Topliss-reactive ketones (excluding diaryl/α,β-unsaturated/α-hetero) is 1. The highest BCUT2D eigenvalue weighted by Gasteiger charge is 2.36. The molecule has 1 fully saturated rings. The number of aliphatic imine (C=N–C) groups is 1. The summed E-state index contributed by atoms with van der Waals surface area (Å²) in [5, 5.41) is 10.7. The standard InChI is InChI=1S/C21H21NO2/c1-21(2)13-17(22-16-11-7-4-8-12-16)19(18(23)14-21)20(24)15-9-5-3-6-10-15/h3-12,24H,13-14H2,1-2H3. The Morgan fingerprint density at radius 3 is 2.17 bits per heavy atom. The van der Waals surface area contributed by atoms with Crippen molar-refractivity contribution in [3.05, 3.63) is 71.8 Å². The molecule has 0 unspecified atom stereocenters. The zero-order chi connectivity index (χ0) is 17.2. The summed E-state index contributed by atoms with van der Waals surface area (Å²) in [4.78, 5) is 17.4. The van der Waals surface area contributed by atoms with Crippen molar-refractivity contribution in [1.82, 2.24) is 0 Å². The first-order chi connectivity index (χ1) is 11.5. The average molecular weight is 319 g/mol. The number of nitrogens with zero attached hydrogens (tertiary/aromatic N) is 1. The molecule has 0 bridgehead atoms. The Balaban J connectivity index is 2.14. The molecule has 1 N–H and O–H groups in total. The van der Waals surface area contributed by atoms with Crippen molar-refractivity contribution in [3.63, 3.8) is 0 Å². The van der Waals surface area contributed by atoms with Crippen molar-refractivity contribution in [2.24, 2.45) is 10.4 Å². The topological polar surface area (TPSA) is 49.7 Å². The summed E-state index contributed by atoms with van der Waals surface area (Å²) in [5.74, 6) is -0.0342. The first-order valence-electron chi connectivity index (χ1n) is 8.11. The number of hydrogen-bond donors (Lipinski definition) is 1. The van der Waals surface area contributed by atoms with Gasteiger partial charge >= 0.3 is 0 Å². The molecule has 3 nitrogen and oxygen atoms in total. The molecule has 1 aliphatic rings. The van der Waals surface area contributed by atoms with Crippen LogP contribution in [0.15, 0.2) is 71.2 Å². The highest BCUT2D eigenvalue weighted by atomic mass is 16.3. The quantitative estimate of drug-likeness (QED) is 0.617. The van der Waals surface area contributed by atoms with Crippen LogP contribution in [-0.4, -0.2) is 16.6 Å². The minimum atomic E-state index is -0.162. The molecular weight excluding hydrogens is 298 g/mol. The number of carbonyl (C=O) groups is 1. The van der Waals surface area contributed by atoms with Crippen LogP contribution < -0.4 is 0 Å². The lowest BCUT2D eigenvalue weighted by Crippen LogP contribution is -2.32. The number of aliphatic hydroxyl groups is 1. The number of carbonyl (C=O) groups excluding carboxylic acids is 1. The normalized spacial score (nSPS) is 20.9. The van der Waals surface area contributed by atoms with Gasteiger partial charge in [-0.2, -0.15) is 0 Å². The van der Waals surface area contributed by atoms with Crippen LogP contribution in [0, 0.1) is 5.41 Å². The van der Waals surface area contributed by atoms with Gasteiger partial charge < -0.3 is 5.11 Å². The Morgan fingerprint density at radius 1 is 0.958 bits per heavy atom. The smallest absolute Gasteiger partial charge is 0.169 e. The van der Waals surface area contributed by atoms with Gasteiger partial charge in [0, 0.05) is 12.0 Å². The molecule has 0 radical (unpaired) electrons. The second kappa shape index (κ2) is 6.44. The number of benzene rings is 2. The van der Waals surface area contributed by atoms with Crippen molar-refractivity contribution >= 4 is 22.9 Å². The molecule has 0 heterocycles. The SMILES string of the molecule is CC1(C)CC(=O)C(=C(O)c2ccccc2)C(=Nc2ccccc2)C1. The fourth-order valence-electron chi connectivity index (χ4n) is 3.05. The van der Waals surface area contributed by atoms with Crippen molar-refractivity contribution < 1.29 is 9.90 Å². The van der Waals surface area contributed by atoms with Crippen molar-refractivity contribution in [3.8, 4) is 0 Å². The van der Waals surface area contributed by atoms with Crippen molar-refractivity contribution in [1.29, 1.82) is 0 Å². The first-order valence-corrected chi connectivity index (χ1v) is 8.11. The summed E-state index contributed by atoms with van der Waals surface area (Å²) >= 11 is 0. The van der Waals surface area contributed by atoms with E-state index < -0.39 is 0 Å². The molecule has 3 rings (SSSR count). The van der Waals surface area contributed by atoms with Gasteiger partial charge in [0.1, 0.15) is 5.76 Å². The molecule has 122 valence electrons. The van der Waals surface area contributed by atoms with E-state index in [-0.39, 0.29) is 17.0 Å². The second-order valence-electron chi connectivity index (χ2n) is 6.92. The molecule has 0 atom stereocenters. The van der Waals surface area contributed by atoms with E-state index in [0.29, 0.717) is 29.7 Å². The van der Waals surface area contributed by atoms with Gasteiger partial charge in [0.05, 0.1) is 17.0 Å². The minimum Gasteiger partial charge on any atom is -0.506 e. The van der Waals surface area contributed by atoms with E-state index in [1.54, 1.807) is 12.1 Å². The van der Waals surface area contributed by atoms with Crippen LogP contribution in [0.1, 0.15) is 32.3 Å². The van der Waals surface area contributed by atoms with Crippen molar-refractivity contribution in [2.75, 3.05) is 0 Å². The Morgan fingerprint density at radius 2 is 1.54 bits per heavy atom. The predicted molar refractivity (Wildman–Crippen MR) is 97.5 cm³/mol. The fourth-order valence-corrected chi connectivity index (χ4v) is 3.05. The van der Waals surface area contributed by atoms with Crippen LogP contribution in [0.4, 0.5) is 5.69 Å². The summed E-state index contributed by atoms with van der Waals surface area (Å²) < 4.78 is 0. The van der Waals surface area contributed by atoms with Gasteiger partial charge in [-0.1, -0.05) is 62.4 Å². The maximum atomic E-state index is 12.7. The van der Waals surface area contributed by atoms with E-state index >= 15 is 0 Å². The molecule has 0 spiro atoms. The highest BCUT2D eigenvalue weighted by molar-refractivity contribution is 6.28. The van der Waals surface area contributed by atoms with Gasteiger partial charge in [0.2, 0.25) is 0 Å². The number of aliphatic hydroxyl groups excluding tert-OH is 1. The maximum absolute atomic E-state index is 12.7. The summed E-state index contributed by atoms with van der Waals surface area (Å²) in [6.07, 6.45) is 1.06. The second-order valence-corrected chi connectivity index (χ2v) is 6.92. The third-order valence-electron chi connectivity index (χ3n) is 4.16. The predicted octanol–water partition coefficient (Wildman–Crippen LogP) is 5.12. The average Bonchev–Trinajstić information content (AvgIpc) is 2.55. The molecule has 0 saturated heterocycles. The molecule has 0 aliphatic heterocycles. The number of allylic oxidation sites excluding steroid dienone is 1. The van der Waals surface area contributed by atoms with E-state index in [0.717, 1.165) is 5.69 Å². The van der Waals surface area contributed by atoms with Crippen LogP contribution in [0.3, 0.4) is 0 Å². The molecule has 2 aromatic rings. The molecule has 2 aromatic carbocycles. The Hall–Kier alpha value is -2.68. The zero-order valence-corrected chi connectivity index (χ0v) is 14.0. The van der Waals surface area contributed by atoms with E-state index in [9.17, 15) is 9.90 Å². The van der Waals surface area contributed by atoms with Gasteiger partial charge in [-0.3, -0.25) is 9.79 Å². The van der Waals surface area contributed by atoms with Crippen LogP contribution in [0.5, 0.6) is 0 Å². The van der Waals surface area contributed by atoms with Crippen LogP contribution in [0.25, 0.3) is 5.76 Å². The van der Waals surface area contributed by atoms with Gasteiger partial charge in [-0.15, -0.1) is 0 Å². The van der Waals surface area contributed by atoms with Crippen LogP contribution in [-0.2, 0) is 4.79 Å². The van der Waals surface area contributed by atoms with E-state index in [4.69, 9.17) is 0 Å². The summed E-state index contributed by atoms with van der Waals surface area (Å²) in [7, 11) is 0. The third-order valence-corrected chi connectivity index (χ3v) is 4.16. The van der Waals surface area contributed by atoms with E-state index in [1.165, 1.54) is 0 Å². The number of ketones is 1. The van der Waals surface area contributed by atoms with Gasteiger partial charge in [-0.05, 0) is 24.0 Å². The van der Waals surface area contributed by atoms with Gasteiger partial charge in [-0.25, -0.2) is 0 Å². The number of hydrogen-bond acceptors (Lipinski definition) is 3. The largest absolute Gasteiger partial charge is 0.506 e. The molecule has 0 amide bonds. The summed E-state index contributed by atoms with van der Waals surface area (Å²) in [6, 6.07) is 18.7. The Bertz CT molecular complexity index is 802. The van der Waals surface area contributed by atoms with E-state index in [1.807, 2.05) is 48.5 Å². The van der Waals surface area contributed by atoms with Crippen LogP contribution in [0.2, 0.25) is 0 Å². The number of rotatable bonds is 2. The first kappa shape index (κ1) is 16.2. The lowest BCUT2D eigenvalue weighted by molar-refractivity contribution is -0.117. The lowest BCUT2D eigenvalue weighted by atomic mass is 9.73. The van der Waals surface area contributed by atoms with Gasteiger partial charge in [0.25, 0.3) is 0 Å². The monoisotopic (exact) mass is 319 g/mol. The molecule has 0 aromatic heterocycles. The molecular formula is C21H21NO2. The Kier molecular flexibility index (Phi) is 4.34. The Labute approximate surface area is 142 Å². The zero-order valence-electron chi connectivity index (χ0n) is 14.0. The summed E-state index contributed by atoms with van der Waals surface area (Å²) in [6.45, 7) is 4.11. The maximum Gasteiger partial charge on any atom is 0.169 e. The summed E-state index contributed by atoms with van der Waals surface area (Å²) in [5.41, 5.74) is 2.27. The molecule has 1 aliphatic carbocycles. The molecule has 3 heteroatoms. The molecule has 24 heavy (non-hydrogen) atoms. The van der Waals surface area contributed by atoms with Crippen molar-refractivity contribution in [2.45, 2.75) is 26.7 Å². The van der Waals surface area contributed by atoms with E-state index in [2.05, 4.69) is 18.8 Å². The number of para-hydroxylation sites is 1. The fraction of sp³-hybridized carbons (Fsp3) is 0.238. The van der Waals surface area contributed by atoms with Crippen LogP contribution >= 0.6 is 0 Å². The minimum absolute atomic E-state index is 0.0192.